The summed E-state index contributed by atoms with van der Waals surface area (Å²) in [7, 11) is 0. The van der Waals surface area contributed by atoms with Crippen LogP contribution in [0.2, 0.25) is 0 Å². The number of nitrogens with one attached hydrogen (secondary N) is 1. The first kappa shape index (κ1) is 15.3. The molecule has 1 unspecified atom stereocenters. The molecule has 0 aromatic rings. The fraction of sp³-hybridized carbons (Fsp3) is 0.857. The predicted molar refractivity (Wildman–Crippen MR) is 73.0 cm³/mol. The van der Waals surface area contributed by atoms with Gasteiger partial charge in [-0.3, -0.25) is 9.59 Å². The summed E-state index contributed by atoms with van der Waals surface area (Å²) in [5.74, 6) is -0.480. The molecule has 6 nitrogen and oxygen atoms in total. The number of rotatable bonds is 3. The van der Waals surface area contributed by atoms with E-state index < -0.39 is 6.10 Å². The number of amides is 2. The maximum atomic E-state index is 12.1. The van der Waals surface area contributed by atoms with E-state index in [0.29, 0.717) is 26.2 Å². The molecule has 0 aromatic carbocycles. The van der Waals surface area contributed by atoms with E-state index in [1.165, 1.54) is 4.90 Å². The molecular formula is C14H24N2O4. The number of hydrogen-bond acceptors (Lipinski definition) is 4. The number of hydrogen-bond donors (Lipinski definition) is 2. The Bertz CT molecular complexity index is 366. The van der Waals surface area contributed by atoms with Gasteiger partial charge in [0.15, 0.2) is 0 Å². The van der Waals surface area contributed by atoms with E-state index >= 15 is 0 Å². The third kappa shape index (κ3) is 3.93. The number of aliphatic hydroxyl groups is 1. The Balaban J connectivity index is 1.88. The van der Waals surface area contributed by atoms with Gasteiger partial charge in [-0.05, 0) is 39.0 Å². The van der Waals surface area contributed by atoms with Crippen LogP contribution in [0, 0.1) is 0 Å². The van der Waals surface area contributed by atoms with Crippen molar-refractivity contribution in [2.45, 2.75) is 50.7 Å². The molecule has 2 fully saturated rings. The molecule has 20 heavy (non-hydrogen) atoms. The van der Waals surface area contributed by atoms with Crippen molar-refractivity contribution in [3.63, 3.8) is 0 Å². The van der Waals surface area contributed by atoms with Gasteiger partial charge < -0.3 is 20.1 Å². The smallest absolute Gasteiger partial charge is 0.251 e. The van der Waals surface area contributed by atoms with Crippen LogP contribution in [-0.4, -0.2) is 59.8 Å². The van der Waals surface area contributed by atoms with E-state index in [4.69, 9.17) is 4.74 Å². The van der Waals surface area contributed by atoms with E-state index in [1.807, 2.05) is 6.92 Å². The molecule has 6 heteroatoms. The number of aliphatic hydroxyl groups excluding tert-OH is 1. The average molecular weight is 284 g/mol. The summed E-state index contributed by atoms with van der Waals surface area (Å²) in [5.41, 5.74) is -0.247. The van der Waals surface area contributed by atoms with Crippen molar-refractivity contribution >= 4 is 11.8 Å². The average Bonchev–Trinajstić information content (AvgIpc) is 2.54. The lowest BCUT2D eigenvalue weighted by atomic mass is 9.92. The van der Waals surface area contributed by atoms with Gasteiger partial charge in [0.05, 0.1) is 6.54 Å². The number of carbonyl (C=O) groups excluding carboxylic acids is 2. The first-order valence-electron chi connectivity index (χ1n) is 7.36. The summed E-state index contributed by atoms with van der Waals surface area (Å²) in [5, 5.41) is 12.7. The lowest BCUT2D eigenvalue weighted by Gasteiger charge is -2.35. The SMILES string of the molecule is CC1(NC(=O)CN2CCCCC(O)C2=O)CCOCC1. The quantitative estimate of drug-likeness (QED) is 0.767. The Kier molecular flexibility index (Phi) is 4.99. The fourth-order valence-corrected chi connectivity index (χ4v) is 2.74. The molecule has 114 valence electrons. The molecule has 2 N–H and O–H groups in total. The summed E-state index contributed by atoms with van der Waals surface area (Å²) in [6.07, 6.45) is 2.77. The second kappa shape index (κ2) is 6.54. The fourth-order valence-electron chi connectivity index (χ4n) is 2.74. The highest BCUT2D eigenvalue weighted by Gasteiger charge is 2.31. The largest absolute Gasteiger partial charge is 0.383 e. The summed E-state index contributed by atoms with van der Waals surface area (Å²) < 4.78 is 5.30. The van der Waals surface area contributed by atoms with Crippen LogP contribution >= 0.6 is 0 Å². The molecule has 0 bridgehead atoms. The molecule has 1 atom stereocenters. The molecule has 2 saturated heterocycles. The molecule has 0 radical (unpaired) electrons. The van der Waals surface area contributed by atoms with Crippen molar-refractivity contribution in [1.29, 1.82) is 0 Å². The van der Waals surface area contributed by atoms with Crippen LogP contribution < -0.4 is 5.32 Å². The van der Waals surface area contributed by atoms with Crippen LogP contribution in [0.15, 0.2) is 0 Å². The Morgan fingerprint density at radius 3 is 2.85 bits per heavy atom. The van der Waals surface area contributed by atoms with Crippen LogP contribution in [-0.2, 0) is 14.3 Å². The minimum absolute atomic E-state index is 0.0341. The standard InChI is InChI=1S/C14H24N2O4/c1-14(5-8-20-9-6-14)15-12(18)10-16-7-3-2-4-11(17)13(16)19/h11,17H,2-10H2,1H3,(H,15,18). The Morgan fingerprint density at radius 2 is 2.15 bits per heavy atom. The third-order valence-electron chi connectivity index (χ3n) is 4.12. The maximum absolute atomic E-state index is 12.1. The zero-order valence-corrected chi connectivity index (χ0v) is 12.1. The predicted octanol–water partition coefficient (Wildman–Crippen LogP) is 0.0451. The lowest BCUT2D eigenvalue weighted by Crippen LogP contribution is -2.53. The van der Waals surface area contributed by atoms with E-state index in [2.05, 4.69) is 5.32 Å². The number of carbonyl (C=O) groups is 2. The molecule has 0 aromatic heterocycles. The van der Waals surface area contributed by atoms with Crippen LogP contribution in [0.4, 0.5) is 0 Å². The van der Waals surface area contributed by atoms with Crippen molar-refractivity contribution in [2.75, 3.05) is 26.3 Å². The second-order valence-electron chi connectivity index (χ2n) is 5.99. The van der Waals surface area contributed by atoms with Gasteiger partial charge in [-0.25, -0.2) is 0 Å². The number of nitrogens with zero attached hydrogens (tertiary/aromatic N) is 1. The first-order chi connectivity index (χ1) is 9.50. The highest BCUT2D eigenvalue weighted by Crippen LogP contribution is 2.19. The molecule has 2 rings (SSSR count). The van der Waals surface area contributed by atoms with Gasteiger partial charge in [-0.2, -0.15) is 0 Å². The molecule has 2 amide bonds. The van der Waals surface area contributed by atoms with Gasteiger partial charge in [0.25, 0.3) is 5.91 Å². The number of likely N-dealkylation sites (tertiary alicyclic amines) is 1. The Morgan fingerprint density at radius 1 is 1.45 bits per heavy atom. The van der Waals surface area contributed by atoms with Crippen LogP contribution in [0.5, 0.6) is 0 Å². The van der Waals surface area contributed by atoms with Crippen molar-refractivity contribution in [3.8, 4) is 0 Å². The zero-order chi connectivity index (χ0) is 14.6. The molecule has 0 spiro atoms. The van der Waals surface area contributed by atoms with Gasteiger partial charge in [0, 0.05) is 25.3 Å². The minimum atomic E-state index is -0.955. The van der Waals surface area contributed by atoms with E-state index in [9.17, 15) is 14.7 Å². The van der Waals surface area contributed by atoms with Gasteiger partial charge in [-0.1, -0.05) is 0 Å². The summed E-state index contributed by atoms with van der Waals surface area (Å²) in [6.45, 7) is 3.89. The Hall–Kier alpha value is -1.14. The summed E-state index contributed by atoms with van der Waals surface area (Å²) in [6, 6.07) is 0. The highest BCUT2D eigenvalue weighted by atomic mass is 16.5. The van der Waals surface area contributed by atoms with Crippen molar-refractivity contribution in [3.05, 3.63) is 0 Å². The van der Waals surface area contributed by atoms with Crippen molar-refractivity contribution in [2.24, 2.45) is 0 Å². The highest BCUT2D eigenvalue weighted by molar-refractivity contribution is 5.87. The minimum Gasteiger partial charge on any atom is -0.383 e. The van der Waals surface area contributed by atoms with Crippen molar-refractivity contribution in [1.82, 2.24) is 10.2 Å². The van der Waals surface area contributed by atoms with E-state index in [-0.39, 0.29) is 23.9 Å². The maximum Gasteiger partial charge on any atom is 0.251 e. The van der Waals surface area contributed by atoms with Crippen molar-refractivity contribution < 1.29 is 19.4 Å². The van der Waals surface area contributed by atoms with Gasteiger partial charge in [-0.15, -0.1) is 0 Å². The lowest BCUT2D eigenvalue weighted by molar-refractivity contribution is -0.143. The van der Waals surface area contributed by atoms with Crippen LogP contribution in [0.25, 0.3) is 0 Å². The second-order valence-corrected chi connectivity index (χ2v) is 5.99. The molecule has 2 heterocycles. The molecular weight excluding hydrogens is 260 g/mol. The zero-order valence-electron chi connectivity index (χ0n) is 12.1. The van der Waals surface area contributed by atoms with E-state index in [1.54, 1.807) is 0 Å². The summed E-state index contributed by atoms with van der Waals surface area (Å²) >= 11 is 0. The number of ether oxygens (including phenoxy) is 1. The topological polar surface area (TPSA) is 78.9 Å². The molecule has 2 aliphatic rings. The van der Waals surface area contributed by atoms with E-state index in [0.717, 1.165) is 25.7 Å². The Labute approximate surface area is 119 Å². The normalized spacial score (nSPS) is 27.0. The summed E-state index contributed by atoms with van der Waals surface area (Å²) in [4.78, 5) is 25.5. The van der Waals surface area contributed by atoms with Crippen LogP contribution in [0.3, 0.4) is 0 Å². The van der Waals surface area contributed by atoms with Crippen LogP contribution in [0.1, 0.15) is 39.0 Å². The molecule has 0 saturated carbocycles. The monoisotopic (exact) mass is 284 g/mol. The third-order valence-corrected chi connectivity index (χ3v) is 4.12. The van der Waals surface area contributed by atoms with Gasteiger partial charge in [0.2, 0.25) is 5.91 Å². The molecule has 0 aliphatic carbocycles. The first-order valence-corrected chi connectivity index (χ1v) is 7.36. The van der Waals surface area contributed by atoms with Gasteiger partial charge in [0.1, 0.15) is 6.10 Å². The van der Waals surface area contributed by atoms with Gasteiger partial charge >= 0.3 is 0 Å². The molecule has 2 aliphatic heterocycles.